The molecule has 0 spiro atoms. The molecule has 2 aliphatic rings. The summed E-state index contributed by atoms with van der Waals surface area (Å²) >= 11 is 0. The highest BCUT2D eigenvalue weighted by Crippen LogP contribution is 2.37. The molecule has 0 radical (unpaired) electrons. The number of hydrogen-bond donors (Lipinski definition) is 7. The SMILES string of the molecule is COc1cc(O)c2c(=O)c(O[C@@H]3O[C@@H](CO[C@@H]4O[C@@H](C)[C@H](O)[C@H](O)[C@H]4O)[C@H](O)[C@H](O)[C@@H]3O)c(-c3ccccc3)oc2c1. The lowest BCUT2D eigenvalue weighted by Gasteiger charge is -2.42. The minimum absolute atomic E-state index is 0.0116. The van der Waals surface area contributed by atoms with Crippen LogP contribution in [0.25, 0.3) is 22.3 Å². The highest BCUT2D eigenvalue weighted by atomic mass is 16.7. The van der Waals surface area contributed by atoms with E-state index < -0.39 is 84.9 Å². The first-order valence-corrected chi connectivity index (χ1v) is 13.1. The van der Waals surface area contributed by atoms with Crippen molar-refractivity contribution in [2.45, 2.75) is 68.3 Å². The van der Waals surface area contributed by atoms with Gasteiger partial charge in [0.1, 0.15) is 65.2 Å². The van der Waals surface area contributed by atoms with Gasteiger partial charge in [-0.2, -0.15) is 0 Å². The fourth-order valence-electron chi connectivity index (χ4n) is 4.87. The van der Waals surface area contributed by atoms with E-state index in [9.17, 15) is 40.5 Å². The molecule has 14 nitrogen and oxygen atoms in total. The number of aliphatic hydroxyl groups excluding tert-OH is 6. The summed E-state index contributed by atoms with van der Waals surface area (Å²) in [6.07, 6.45) is -15.4. The number of phenols is 1. The molecule has 0 unspecified atom stereocenters. The second-order valence-corrected chi connectivity index (χ2v) is 10.1. The molecule has 2 fully saturated rings. The Balaban J connectivity index is 1.46. The van der Waals surface area contributed by atoms with E-state index in [1.165, 1.54) is 26.2 Å². The fraction of sp³-hybridized carbons (Fsp3) is 0.464. The van der Waals surface area contributed by atoms with Gasteiger partial charge in [-0.15, -0.1) is 0 Å². The van der Waals surface area contributed by atoms with Crippen LogP contribution in [0.2, 0.25) is 0 Å². The fourth-order valence-corrected chi connectivity index (χ4v) is 4.87. The van der Waals surface area contributed by atoms with Crippen molar-refractivity contribution in [2.24, 2.45) is 0 Å². The molecule has 1 aromatic heterocycles. The summed E-state index contributed by atoms with van der Waals surface area (Å²) in [7, 11) is 1.38. The van der Waals surface area contributed by atoms with Gasteiger partial charge >= 0.3 is 0 Å². The maximum atomic E-state index is 13.7. The number of hydrogen-bond acceptors (Lipinski definition) is 14. The van der Waals surface area contributed by atoms with Crippen molar-refractivity contribution >= 4 is 11.0 Å². The molecule has 14 heteroatoms. The molecular formula is C28H32O14. The molecule has 228 valence electrons. The van der Waals surface area contributed by atoms with Gasteiger partial charge in [0.25, 0.3) is 0 Å². The first-order valence-electron chi connectivity index (χ1n) is 13.1. The van der Waals surface area contributed by atoms with E-state index in [1.54, 1.807) is 30.3 Å². The molecule has 0 saturated carbocycles. The summed E-state index contributed by atoms with van der Waals surface area (Å²) in [6.45, 7) is 0.930. The number of aliphatic hydroxyl groups is 6. The van der Waals surface area contributed by atoms with Gasteiger partial charge in [-0.05, 0) is 6.92 Å². The number of ether oxygens (including phenoxy) is 5. The summed E-state index contributed by atoms with van der Waals surface area (Å²) in [6, 6.07) is 11.0. The average molecular weight is 593 g/mol. The Labute approximate surface area is 238 Å². The van der Waals surface area contributed by atoms with Gasteiger partial charge in [0.05, 0.1) is 19.8 Å². The number of fused-ring (bicyclic) bond motifs is 1. The molecule has 2 aliphatic heterocycles. The number of methoxy groups -OCH3 is 1. The summed E-state index contributed by atoms with van der Waals surface area (Å²) < 4.78 is 33.5. The molecule has 0 bridgehead atoms. The van der Waals surface area contributed by atoms with Gasteiger partial charge in [0.2, 0.25) is 17.5 Å². The largest absolute Gasteiger partial charge is 0.507 e. The van der Waals surface area contributed by atoms with Crippen LogP contribution in [0.4, 0.5) is 0 Å². The van der Waals surface area contributed by atoms with E-state index in [4.69, 9.17) is 28.1 Å². The van der Waals surface area contributed by atoms with Gasteiger partial charge in [-0.25, -0.2) is 0 Å². The van der Waals surface area contributed by atoms with E-state index in [-0.39, 0.29) is 22.5 Å². The first-order chi connectivity index (χ1) is 20.0. The van der Waals surface area contributed by atoms with Crippen LogP contribution in [-0.4, -0.2) is 111 Å². The van der Waals surface area contributed by atoms with E-state index in [2.05, 4.69) is 0 Å². The van der Waals surface area contributed by atoms with Crippen molar-refractivity contribution in [2.75, 3.05) is 13.7 Å². The molecular weight excluding hydrogens is 560 g/mol. The minimum Gasteiger partial charge on any atom is -0.507 e. The highest BCUT2D eigenvalue weighted by Gasteiger charge is 2.47. The maximum absolute atomic E-state index is 13.7. The second-order valence-electron chi connectivity index (χ2n) is 10.1. The predicted octanol–water partition coefficient (Wildman–Crippen LogP) is -0.795. The first kappa shape index (κ1) is 30.2. The maximum Gasteiger partial charge on any atom is 0.239 e. The topological polar surface area (TPSA) is 218 Å². The molecule has 3 aromatic rings. The Hall–Kier alpha value is -3.31. The van der Waals surface area contributed by atoms with Crippen LogP contribution < -0.4 is 14.9 Å². The molecule has 2 saturated heterocycles. The van der Waals surface area contributed by atoms with Crippen LogP contribution in [0.1, 0.15) is 6.92 Å². The Morgan fingerprint density at radius 3 is 2.19 bits per heavy atom. The Morgan fingerprint density at radius 2 is 1.50 bits per heavy atom. The van der Waals surface area contributed by atoms with Gasteiger partial charge in [0.15, 0.2) is 12.1 Å². The van der Waals surface area contributed by atoms with Crippen LogP contribution in [-0.2, 0) is 14.2 Å². The van der Waals surface area contributed by atoms with Crippen molar-refractivity contribution in [3.05, 3.63) is 52.7 Å². The average Bonchev–Trinajstić information content (AvgIpc) is 2.99. The molecule has 0 amide bonds. The zero-order valence-electron chi connectivity index (χ0n) is 22.5. The van der Waals surface area contributed by atoms with Gasteiger partial charge in [-0.1, -0.05) is 30.3 Å². The number of aromatic hydroxyl groups is 1. The molecule has 2 aromatic carbocycles. The number of phenolic OH excluding ortho intramolecular Hbond substituents is 1. The highest BCUT2D eigenvalue weighted by molar-refractivity contribution is 5.88. The third-order valence-electron chi connectivity index (χ3n) is 7.31. The number of rotatable bonds is 7. The standard InChI is InChI=1S/C28H32O14/c1-11-18(30)21(33)23(35)27(39-11)38-10-16-19(31)22(34)24(36)28(41-16)42-26-20(32)17-14(29)8-13(37-2)9-15(17)40-25(26)12-6-4-3-5-7-12/h3-9,11,16,18-19,21-24,27-31,33-36H,10H2,1-2H3/t11-,16-,18-,19-,21-,22-,23+,24-,27+,28-/m0/s1. The van der Waals surface area contributed by atoms with Crippen LogP contribution >= 0.6 is 0 Å². The Kier molecular flexibility index (Phi) is 8.71. The van der Waals surface area contributed by atoms with Crippen molar-refractivity contribution in [1.29, 1.82) is 0 Å². The monoisotopic (exact) mass is 592 g/mol. The summed E-state index contributed by atoms with van der Waals surface area (Å²) in [5, 5.41) is 72.3. The van der Waals surface area contributed by atoms with Crippen LogP contribution in [0.5, 0.6) is 17.2 Å². The van der Waals surface area contributed by atoms with Gasteiger partial charge in [0, 0.05) is 17.7 Å². The van der Waals surface area contributed by atoms with Crippen molar-refractivity contribution in [3.8, 4) is 28.6 Å². The Bertz CT molecular complexity index is 1440. The third-order valence-corrected chi connectivity index (χ3v) is 7.31. The van der Waals surface area contributed by atoms with Gasteiger partial charge in [-0.3, -0.25) is 4.79 Å². The molecule has 0 aliphatic carbocycles. The smallest absolute Gasteiger partial charge is 0.239 e. The number of benzene rings is 2. The summed E-state index contributed by atoms with van der Waals surface area (Å²) in [5.74, 6) is -0.768. The van der Waals surface area contributed by atoms with Crippen molar-refractivity contribution in [3.63, 3.8) is 0 Å². The zero-order chi connectivity index (χ0) is 30.3. The van der Waals surface area contributed by atoms with Crippen molar-refractivity contribution < 1.29 is 63.8 Å². The molecule has 10 atom stereocenters. The summed E-state index contributed by atoms with van der Waals surface area (Å²) in [5.41, 5.74) is -0.430. The van der Waals surface area contributed by atoms with E-state index in [0.717, 1.165) is 0 Å². The normalized spacial score (nSPS) is 33.4. The molecule has 42 heavy (non-hydrogen) atoms. The van der Waals surface area contributed by atoms with Crippen LogP contribution in [0.15, 0.2) is 51.7 Å². The third kappa shape index (κ3) is 5.56. The van der Waals surface area contributed by atoms with Crippen LogP contribution in [0, 0.1) is 0 Å². The minimum atomic E-state index is -1.85. The molecule has 3 heterocycles. The summed E-state index contributed by atoms with van der Waals surface area (Å²) in [4.78, 5) is 13.7. The lowest BCUT2D eigenvalue weighted by molar-refractivity contribution is -0.318. The predicted molar refractivity (Wildman–Crippen MR) is 142 cm³/mol. The Morgan fingerprint density at radius 1 is 0.833 bits per heavy atom. The molecule has 7 N–H and O–H groups in total. The van der Waals surface area contributed by atoms with E-state index in [0.29, 0.717) is 5.56 Å². The van der Waals surface area contributed by atoms with E-state index in [1.807, 2.05) is 0 Å². The molecule has 5 rings (SSSR count). The quantitative estimate of drug-likeness (QED) is 0.179. The van der Waals surface area contributed by atoms with Gasteiger partial charge < -0.3 is 63.8 Å². The zero-order valence-corrected chi connectivity index (χ0v) is 22.5. The second kappa shape index (κ2) is 12.1. The lowest BCUT2D eigenvalue weighted by Crippen LogP contribution is -2.61. The van der Waals surface area contributed by atoms with E-state index >= 15 is 0 Å². The van der Waals surface area contributed by atoms with Crippen molar-refractivity contribution in [1.82, 2.24) is 0 Å². The van der Waals surface area contributed by atoms with Crippen LogP contribution in [0.3, 0.4) is 0 Å². The lowest BCUT2D eigenvalue weighted by atomic mass is 9.98.